The van der Waals surface area contributed by atoms with Crippen LogP contribution in [0.2, 0.25) is 0 Å². The fourth-order valence-electron chi connectivity index (χ4n) is 1.33. The van der Waals surface area contributed by atoms with Crippen molar-refractivity contribution in [3.8, 4) is 6.07 Å². The number of rotatable bonds is 2. The number of carbonyl (C=O) groups is 1. The van der Waals surface area contributed by atoms with E-state index < -0.39 is 5.97 Å². The molecule has 1 heterocycles. The highest BCUT2D eigenvalue weighted by Gasteiger charge is 2.15. The van der Waals surface area contributed by atoms with Gasteiger partial charge in [0.05, 0.1) is 23.9 Å². The first kappa shape index (κ1) is 12.0. The lowest BCUT2D eigenvalue weighted by molar-refractivity contribution is 0.0599. The van der Waals surface area contributed by atoms with E-state index in [0.717, 1.165) is 0 Å². The Kier molecular flexibility index (Phi) is 3.46. The fraction of sp³-hybridized carbons (Fsp3) is 0.364. The van der Waals surface area contributed by atoms with E-state index in [9.17, 15) is 4.79 Å². The third-order valence-electron chi connectivity index (χ3n) is 2.14. The minimum Gasteiger partial charge on any atom is -0.465 e. The quantitative estimate of drug-likeness (QED) is 0.697. The van der Waals surface area contributed by atoms with E-state index in [1.807, 2.05) is 6.07 Å². The summed E-state index contributed by atoms with van der Waals surface area (Å²) in [5.41, 5.74) is 1.23. The number of nitrogens with zero attached hydrogens (tertiary/aromatic N) is 3. The van der Waals surface area contributed by atoms with Crippen molar-refractivity contribution in [2.45, 2.75) is 6.92 Å². The number of nitriles is 1. The van der Waals surface area contributed by atoms with Crippen molar-refractivity contribution in [3.05, 3.63) is 22.9 Å². The summed E-state index contributed by atoms with van der Waals surface area (Å²) < 4.78 is 4.61. The van der Waals surface area contributed by atoms with Crippen LogP contribution in [-0.2, 0) is 4.74 Å². The molecule has 0 bridgehead atoms. The molecule has 16 heavy (non-hydrogen) atoms. The van der Waals surface area contributed by atoms with Crippen LogP contribution in [0.3, 0.4) is 0 Å². The first-order valence-electron chi connectivity index (χ1n) is 4.68. The summed E-state index contributed by atoms with van der Waals surface area (Å²) in [6.07, 6.45) is 0. The number of aryl methyl sites for hydroxylation is 1. The molecule has 0 unspecified atom stereocenters. The lowest BCUT2D eigenvalue weighted by atomic mass is 10.1. The molecule has 84 valence electrons. The molecule has 1 aromatic heterocycles. The van der Waals surface area contributed by atoms with Gasteiger partial charge in [-0.3, -0.25) is 0 Å². The third kappa shape index (κ3) is 2.11. The molecule has 0 radical (unpaired) electrons. The molecule has 0 spiro atoms. The first-order valence-corrected chi connectivity index (χ1v) is 4.68. The molecule has 0 saturated heterocycles. The second-order valence-corrected chi connectivity index (χ2v) is 3.49. The van der Waals surface area contributed by atoms with Gasteiger partial charge in [-0.15, -0.1) is 0 Å². The summed E-state index contributed by atoms with van der Waals surface area (Å²) in [6.45, 7) is 1.71. The van der Waals surface area contributed by atoms with Crippen LogP contribution in [0.4, 0.5) is 5.82 Å². The van der Waals surface area contributed by atoms with Crippen molar-refractivity contribution in [2.75, 3.05) is 26.1 Å². The highest BCUT2D eigenvalue weighted by Crippen LogP contribution is 2.19. The topological polar surface area (TPSA) is 66.2 Å². The van der Waals surface area contributed by atoms with Gasteiger partial charge in [0.25, 0.3) is 0 Å². The van der Waals surface area contributed by atoms with Gasteiger partial charge in [-0.25, -0.2) is 9.78 Å². The number of anilines is 1. The number of ether oxygens (including phenoxy) is 1. The zero-order chi connectivity index (χ0) is 12.3. The average molecular weight is 219 g/mol. The summed E-state index contributed by atoms with van der Waals surface area (Å²) in [5.74, 6) is 0.0689. The zero-order valence-electron chi connectivity index (χ0n) is 9.74. The minimum absolute atomic E-state index is 0.324. The van der Waals surface area contributed by atoms with Crippen LogP contribution in [0.1, 0.15) is 21.6 Å². The summed E-state index contributed by atoms with van der Waals surface area (Å²) >= 11 is 0. The standard InChI is InChI=1S/C11H13N3O2/c1-7-9(11(15)16-4)5-8(6-12)10(13-7)14(2)3/h5H,1-4H3. The van der Waals surface area contributed by atoms with Gasteiger partial charge in [0.2, 0.25) is 0 Å². The molecule has 5 heteroatoms. The van der Waals surface area contributed by atoms with Gasteiger partial charge in [-0.2, -0.15) is 5.26 Å². The zero-order valence-corrected chi connectivity index (χ0v) is 9.74. The van der Waals surface area contributed by atoms with Gasteiger partial charge in [0, 0.05) is 14.1 Å². The molecular weight excluding hydrogens is 206 g/mol. The van der Waals surface area contributed by atoms with Gasteiger partial charge in [-0.1, -0.05) is 0 Å². The van der Waals surface area contributed by atoms with Gasteiger partial charge < -0.3 is 9.64 Å². The number of hydrogen-bond donors (Lipinski definition) is 0. The molecule has 0 atom stereocenters. The summed E-state index contributed by atoms with van der Waals surface area (Å²) in [6, 6.07) is 3.52. The Morgan fingerprint density at radius 2 is 2.19 bits per heavy atom. The van der Waals surface area contributed by atoms with Crippen molar-refractivity contribution in [2.24, 2.45) is 0 Å². The Labute approximate surface area is 94.3 Å². The van der Waals surface area contributed by atoms with E-state index in [4.69, 9.17) is 5.26 Å². The highest BCUT2D eigenvalue weighted by molar-refractivity contribution is 5.91. The van der Waals surface area contributed by atoms with Gasteiger partial charge in [0.15, 0.2) is 0 Å². The number of pyridine rings is 1. The van der Waals surface area contributed by atoms with Crippen LogP contribution in [0, 0.1) is 18.3 Å². The normalized spacial score (nSPS) is 9.44. The second-order valence-electron chi connectivity index (χ2n) is 3.49. The van der Waals surface area contributed by atoms with E-state index in [0.29, 0.717) is 22.6 Å². The third-order valence-corrected chi connectivity index (χ3v) is 2.14. The van der Waals surface area contributed by atoms with Crippen LogP contribution in [0.25, 0.3) is 0 Å². The van der Waals surface area contributed by atoms with Crippen LogP contribution in [0.15, 0.2) is 6.07 Å². The van der Waals surface area contributed by atoms with Crippen molar-refractivity contribution in [1.82, 2.24) is 4.98 Å². The predicted octanol–water partition coefficient (Wildman–Crippen LogP) is 1.11. The highest BCUT2D eigenvalue weighted by atomic mass is 16.5. The summed E-state index contributed by atoms with van der Waals surface area (Å²) in [4.78, 5) is 17.3. The van der Waals surface area contributed by atoms with Crippen molar-refractivity contribution >= 4 is 11.8 Å². The Morgan fingerprint density at radius 3 is 2.62 bits per heavy atom. The van der Waals surface area contributed by atoms with Crippen molar-refractivity contribution in [1.29, 1.82) is 5.26 Å². The molecule has 1 aromatic rings. The molecule has 0 aliphatic carbocycles. The van der Waals surface area contributed by atoms with Crippen LogP contribution >= 0.6 is 0 Å². The van der Waals surface area contributed by atoms with Crippen molar-refractivity contribution in [3.63, 3.8) is 0 Å². The smallest absolute Gasteiger partial charge is 0.339 e. The predicted molar refractivity (Wildman–Crippen MR) is 59.4 cm³/mol. The maximum Gasteiger partial charge on any atom is 0.339 e. The Hall–Kier alpha value is -2.09. The minimum atomic E-state index is -0.480. The van der Waals surface area contributed by atoms with E-state index in [2.05, 4.69) is 9.72 Å². The number of methoxy groups -OCH3 is 1. The molecule has 0 aromatic carbocycles. The van der Waals surface area contributed by atoms with E-state index in [-0.39, 0.29) is 0 Å². The van der Waals surface area contributed by atoms with Crippen LogP contribution in [0.5, 0.6) is 0 Å². The molecule has 0 amide bonds. The first-order chi connectivity index (χ1) is 7.51. The number of carbonyl (C=O) groups excluding carboxylic acids is 1. The maximum absolute atomic E-state index is 11.4. The van der Waals surface area contributed by atoms with E-state index in [1.54, 1.807) is 25.9 Å². The van der Waals surface area contributed by atoms with Crippen molar-refractivity contribution < 1.29 is 9.53 Å². The van der Waals surface area contributed by atoms with Gasteiger partial charge >= 0.3 is 5.97 Å². The molecule has 0 N–H and O–H groups in total. The average Bonchev–Trinajstić information content (AvgIpc) is 2.27. The largest absolute Gasteiger partial charge is 0.465 e. The molecule has 5 nitrogen and oxygen atoms in total. The molecule has 1 rings (SSSR count). The van der Waals surface area contributed by atoms with Gasteiger partial charge in [-0.05, 0) is 13.0 Å². The molecular formula is C11H13N3O2. The van der Waals surface area contributed by atoms with Crippen LogP contribution in [-0.4, -0.2) is 32.2 Å². The van der Waals surface area contributed by atoms with E-state index >= 15 is 0 Å². The Morgan fingerprint density at radius 1 is 1.56 bits per heavy atom. The number of aromatic nitrogens is 1. The number of hydrogen-bond acceptors (Lipinski definition) is 5. The lowest BCUT2D eigenvalue weighted by Crippen LogP contribution is -2.15. The van der Waals surface area contributed by atoms with Gasteiger partial charge in [0.1, 0.15) is 11.9 Å². The molecule has 0 saturated carbocycles. The summed E-state index contributed by atoms with van der Waals surface area (Å²) in [7, 11) is 4.88. The maximum atomic E-state index is 11.4. The second kappa shape index (κ2) is 4.62. The number of esters is 1. The molecule has 0 fully saturated rings. The molecule has 0 aliphatic heterocycles. The summed E-state index contributed by atoms with van der Waals surface area (Å²) in [5, 5.41) is 8.97. The monoisotopic (exact) mass is 219 g/mol. The SMILES string of the molecule is COC(=O)c1cc(C#N)c(N(C)C)nc1C. The Bertz CT molecular complexity index is 461. The fourth-order valence-corrected chi connectivity index (χ4v) is 1.33. The Balaban J connectivity index is 3.38. The molecule has 0 aliphatic rings. The lowest BCUT2D eigenvalue weighted by Gasteiger charge is -2.14. The van der Waals surface area contributed by atoms with E-state index in [1.165, 1.54) is 13.2 Å². The van der Waals surface area contributed by atoms with Crippen LogP contribution < -0.4 is 4.90 Å².